The van der Waals surface area contributed by atoms with Crippen LogP contribution in [0.3, 0.4) is 0 Å². The molecule has 5 aliphatic carbocycles. The van der Waals surface area contributed by atoms with Gasteiger partial charge in [0.2, 0.25) is 0 Å². The number of rotatable bonds is 0. The standard InChI is InChI=1S/C38H30/c1-37(2)29-17-15-21-8-5-6-11-25(21)35(29)27-19-31-28(20-30(27)37)36-26-16-14-23-10-7-9-22-12-13-24(34(26)33(22)23)18-32(36)38(31,3)4/h5-12,14-20,33H,13H2,1-4H3. The largest absolute Gasteiger partial charge is 0.0759 e. The van der Waals surface area contributed by atoms with Gasteiger partial charge in [-0.1, -0.05) is 107 Å². The van der Waals surface area contributed by atoms with E-state index in [-0.39, 0.29) is 10.8 Å². The van der Waals surface area contributed by atoms with E-state index in [1.54, 1.807) is 5.56 Å². The van der Waals surface area contributed by atoms with Crippen LogP contribution in [0.15, 0.2) is 96.1 Å². The van der Waals surface area contributed by atoms with Gasteiger partial charge in [0.1, 0.15) is 0 Å². The topological polar surface area (TPSA) is 0 Å². The number of hydrogen-bond acceptors (Lipinski definition) is 0. The van der Waals surface area contributed by atoms with Crippen molar-refractivity contribution in [2.24, 2.45) is 0 Å². The van der Waals surface area contributed by atoms with Gasteiger partial charge in [0, 0.05) is 16.7 Å². The van der Waals surface area contributed by atoms with Gasteiger partial charge < -0.3 is 0 Å². The van der Waals surface area contributed by atoms with Crippen molar-refractivity contribution in [1.29, 1.82) is 0 Å². The molecular weight excluding hydrogens is 456 g/mol. The van der Waals surface area contributed by atoms with Gasteiger partial charge in [-0.05, 0) is 102 Å². The van der Waals surface area contributed by atoms with Gasteiger partial charge in [-0.3, -0.25) is 0 Å². The Morgan fingerprint density at radius 2 is 1.45 bits per heavy atom. The first-order valence-corrected chi connectivity index (χ1v) is 14.0. The van der Waals surface area contributed by atoms with Crippen LogP contribution in [0.1, 0.15) is 72.6 Å². The van der Waals surface area contributed by atoms with Crippen molar-refractivity contribution in [3.63, 3.8) is 0 Å². The first-order chi connectivity index (χ1) is 18.4. The highest BCUT2D eigenvalue weighted by atomic mass is 14.5. The summed E-state index contributed by atoms with van der Waals surface area (Å²) in [6.45, 7) is 9.72. The highest BCUT2D eigenvalue weighted by molar-refractivity contribution is 6.04. The van der Waals surface area contributed by atoms with Crippen molar-refractivity contribution in [2.75, 3.05) is 0 Å². The molecule has 1 atom stereocenters. The summed E-state index contributed by atoms with van der Waals surface area (Å²) in [7, 11) is 0. The van der Waals surface area contributed by atoms with Crippen LogP contribution in [0.2, 0.25) is 0 Å². The zero-order valence-corrected chi connectivity index (χ0v) is 22.4. The van der Waals surface area contributed by atoms with Crippen LogP contribution in [0.5, 0.6) is 0 Å². The molecule has 9 rings (SSSR count). The molecule has 4 aromatic rings. The molecule has 0 heteroatoms. The number of benzene rings is 4. The van der Waals surface area contributed by atoms with Gasteiger partial charge in [0.25, 0.3) is 0 Å². The van der Waals surface area contributed by atoms with Crippen molar-refractivity contribution in [1.82, 2.24) is 0 Å². The minimum Gasteiger partial charge on any atom is -0.0759 e. The molecule has 38 heavy (non-hydrogen) atoms. The molecule has 0 aliphatic heterocycles. The van der Waals surface area contributed by atoms with Gasteiger partial charge in [-0.25, -0.2) is 0 Å². The van der Waals surface area contributed by atoms with Gasteiger partial charge in [-0.15, -0.1) is 0 Å². The molecule has 182 valence electrons. The molecule has 0 spiro atoms. The fourth-order valence-corrected chi connectivity index (χ4v) is 8.40. The Balaban J connectivity index is 1.36. The minimum absolute atomic E-state index is 0.0299. The summed E-state index contributed by atoms with van der Waals surface area (Å²) in [6.07, 6.45) is 15.1. The molecule has 1 unspecified atom stereocenters. The third-order valence-electron chi connectivity index (χ3n) is 10.3. The summed E-state index contributed by atoms with van der Waals surface area (Å²) in [6, 6.07) is 21.3. The third-order valence-corrected chi connectivity index (χ3v) is 10.3. The highest BCUT2D eigenvalue weighted by Gasteiger charge is 2.44. The third kappa shape index (κ3) is 2.30. The van der Waals surface area contributed by atoms with E-state index in [0.717, 1.165) is 6.42 Å². The summed E-state index contributed by atoms with van der Waals surface area (Å²) in [5.41, 5.74) is 19.1. The normalized spacial score (nSPS) is 21.3. The first-order valence-electron chi connectivity index (χ1n) is 14.0. The highest BCUT2D eigenvalue weighted by Crippen LogP contribution is 2.60. The van der Waals surface area contributed by atoms with E-state index in [2.05, 4.69) is 119 Å². The predicted octanol–water partition coefficient (Wildman–Crippen LogP) is 9.54. The molecule has 0 bridgehead atoms. The Morgan fingerprint density at radius 3 is 2.29 bits per heavy atom. The molecule has 0 fully saturated rings. The summed E-state index contributed by atoms with van der Waals surface area (Å²) in [5, 5.41) is 2.70. The van der Waals surface area contributed by atoms with Crippen LogP contribution in [-0.2, 0) is 17.3 Å². The second kappa shape index (κ2) is 6.56. The quantitative estimate of drug-likeness (QED) is 0.232. The van der Waals surface area contributed by atoms with Gasteiger partial charge in [0.05, 0.1) is 0 Å². The maximum Gasteiger partial charge on any atom is 0.0345 e. The SMILES string of the molecule is CC1(C)c2cc3c(cc2-c2c1cc1c4c2C=CC2=CC=CC(=CC1)C24)C(C)(C)c1ccc2ccccc2c1-3. The number of fused-ring (bicyclic) bond motifs is 9. The molecule has 0 amide bonds. The fourth-order valence-electron chi connectivity index (χ4n) is 8.40. The fraction of sp³-hybridized carbons (Fsp3) is 0.211. The van der Waals surface area contributed by atoms with Gasteiger partial charge in [-0.2, -0.15) is 0 Å². The molecule has 4 aromatic carbocycles. The lowest BCUT2D eigenvalue weighted by Crippen LogP contribution is -2.20. The molecule has 0 saturated heterocycles. The van der Waals surface area contributed by atoms with E-state index in [4.69, 9.17) is 0 Å². The van der Waals surface area contributed by atoms with E-state index in [9.17, 15) is 0 Å². The van der Waals surface area contributed by atoms with Crippen molar-refractivity contribution < 1.29 is 0 Å². The molecule has 5 aliphatic rings. The molecule has 0 N–H and O–H groups in total. The Hall–Kier alpha value is -3.90. The average Bonchev–Trinajstić information content (AvgIpc) is 3.30. The Labute approximate surface area is 224 Å². The second-order valence-corrected chi connectivity index (χ2v) is 12.9. The Morgan fingerprint density at radius 1 is 0.684 bits per heavy atom. The molecular formula is C38H30. The smallest absolute Gasteiger partial charge is 0.0345 e. The van der Waals surface area contributed by atoms with Crippen molar-refractivity contribution >= 4 is 16.8 Å². The van der Waals surface area contributed by atoms with E-state index < -0.39 is 0 Å². The van der Waals surface area contributed by atoms with E-state index in [0.29, 0.717) is 5.92 Å². The number of hydrogen-bond donors (Lipinski definition) is 0. The van der Waals surface area contributed by atoms with Crippen LogP contribution in [0.4, 0.5) is 0 Å². The predicted molar refractivity (Wildman–Crippen MR) is 160 cm³/mol. The zero-order chi connectivity index (χ0) is 25.6. The first kappa shape index (κ1) is 21.1. The summed E-state index contributed by atoms with van der Waals surface area (Å²) < 4.78 is 0. The average molecular weight is 487 g/mol. The van der Waals surface area contributed by atoms with E-state index in [1.807, 2.05) is 0 Å². The molecule has 0 saturated carbocycles. The maximum absolute atomic E-state index is 2.58. The van der Waals surface area contributed by atoms with Crippen molar-refractivity contribution in [3.05, 3.63) is 135 Å². The Bertz CT molecular complexity index is 1930. The van der Waals surface area contributed by atoms with Crippen LogP contribution in [0, 0.1) is 0 Å². The monoisotopic (exact) mass is 486 g/mol. The van der Waals surface area contributed by atoms with E-state index in [1.165, 1.54) is 77.6 Å². The van der Waals surface area contributed by atoms with Crippen LogP contribution < -0.4 is 0 Å². The number of allylic oxidation sites excluding steroid dienone is 7. The second-order valence-electron chi connectivity index (χ2n) is 12.9. The van der Waals surface area contributed by atoms with Gasteiger partial charge >= 0.3 is 0 Å². The molecule has 0 aromatic heterocycles. The molecule has 0 nitrogen and oxygen atoms in total. The lowest BCUT2D eigenvalue weighted by molar-refractivity contribution is 0.651. The summed E-state index contributed by atoms with van der Waals surface area (Å²) >= 11 is 0. The van der Waals surface area contributed by atoms with Crippen LogP contribution in [-0.4, -0.2) is 0 Å². The van der Waals surface area contributed by atoms with Crippen molar-refractivity contribution in [3.8, 4) is 22.3 Å². The molecule has 0 radical (unpaired) electrons. The van der Waals surface area contributed by atoms with Crippen LogP contribution in [0.25, 0.3) is 39.1 Å². The van der Waals surface area contributed by atoms with Gasteiger partial charge in [0.15, 0.2) is 0 Å². The minimum atomic E-state index is -0.0386. The van der Waals surface area contributed by atoms with Crippen molar-refractivity contribution in [2.45, 2.75) is 50.9 Å². The summed E-state index contributed by atoms with van der Waals surface area (Å²) in [4.78, 5) is 0. The zero-order valence-electron chi connectivity index (χ0n) is 22.4. The summed E-state index contributed by atoms with van der Waals surface area (Å²) in [5.74, 6) is 0.391. The van der Waals surface area contributed by atoms with E-state index >= 15 is 0 Å². The maximum atomic E-state index is 2.58. The lowest BCUT2D eigenvalue weighted by atomic mass is 9.68. The molecule has 0 heterocycles. The van der Waals surface area contributed by atoms with Crippen LogP contribution >= 0.6 is 0 Å². The lowest BCUT2D eigenvalue weighted by Gasteiger charge is -2.35. The Kier molecular flexibility index (Phi) is 3.64.